The molecule has 4 unspecified atom stereocenters. The average molecular weight is 520 g/mol. The van der Waals surface area contributed by atoms with Crippen molar-refractivity contribution in [2.45, 2.75) is 38.5 Å². The van der Waals surface area contributed by atoms with E-state index in [0.29, 0.717) is 36.3 Å². The Balaban J connectivity index is 0.00000225. The van der Waals surface area contributed by atoms with Crippen molar-refractivity contribution < 1.29 is 13.2 Å². The summed E-state index contributed by atoms with van der Waals surface area (Å²) in [7, 11) is -3.28. The zero-order chi connectivity index (χ0) is 19.0. The lowest BCUT2D eigenvalue weighted by Crippen LogP contribution is -2.41. The number of hydrogen-bond acceptors (Lipinski definition) is 4. The molecule has 0 aliphatic carbocycles. The molecule has 28 heavy (non-hydrogen) atoms. The average Bonchev–Trinajstić information content (AvgIpc) is 3.30. The third kappa shape index (κ3) is 4.73. The summed E-state index contributed by atoms with van der Waals surface area (Å²) in [4.78, 5) is 7.18. The van der Waals surface area contributed by atoms with E-state index >= 15 is 0 Å². The zero-order valence-corrected chi connectivity index (χ0v) is 19.4. The number of fused-ring (bicyclic) bond motifs is 5. The second-order valence-electron chi connectivity index (χ2n) is 7.77. The number of halogens is 1. The van der Waals surface area contributed by atoms with Crippen LogP contribution >= 0.6 is 24.0 Å². The number of aliphatic imine (C=N–C) groups is 1. The van der Waals surface area contributed by atoms with Crippen LogP contribution in [0.5, 0.6) is 0 Å². The molecule has 3 aliphatic heterocycles. The Kier molecular flexibility index (Phi) is 6.76. The van der Waals surface area contributed by atoms with Gasteiger partial charge < -0.3 is 15.0 Å². The minimum absolute atomic E-state index is 0. The normalized spacial score (nSPS) is 28.8. The summed E-state index contributed by atoms with van der Waals surface area (Å²) >= 11 is 0. The van der Waals surface area contributed by atoms with E-state index in [0.717, 1.165) is 37.4 Å². The monoisotopic (exact) mass is 520 g/mol. The number of nitrogens with one attached hydrogen (secondary N) is 2. The molecule has 3 aliphatic rings. The fourth-order valence-corrected chi connectivity index (χ4v) is 5.23. The predicted molar refractivity (Wildman–Crippen MR) is 122 cm³/mol. The van der Waals surface area contributed by atoms with E-state index < -0.39 is 10.0 Å². The molecule has 7 nitrogen and oxygen atoms in total. The van der Waals surface area contributed by atoms with E-state index in [4.69, 9.17) is 9.73 Å². The molecule has 1 aromatic carbocycles. The van der Waals surface area contributed by atoms with Gasteiger partial charge in [0.2, 0.25) is 10.0 Å². The van der Waals surface area contributed by atoms with Crippen molar-refractivity contribution >= 4 is 45.6 Å². The highest BCUT2D eigenvalue weighted by Gasteiger charge is 2.53. The summed E-state index contributed by atoms with van der Waals surface area (Å²) in [5.74, 6) is 2.21. The maximum Gasteiger partial charge on any atom is 0.229 e. The molecule has 0 amide bonds. The first-order valence-corrected chi connectivity index (χ1v) is 11.6. The van der Waals surface area contributed by atoms with Crippen LogP contribution in [0.15, 0.2) is 29.3 Å². The molecule has 4 rings (SSSR count). The quantitative estimate of drug-likeness (QED) is 0.354. The third-order valence-electron chi connectivity index (χ3n) is 5.73. The molecule has 9 heteroatoms. The molecule has 1 aromatic rings. The number of guanidine groups is 1. The Bertz CT molecular complexity index is 814. The number of nitrogens with zero attached hydrogens (tertiary/aromatic N) is 2. The number of ether oxygens (including phenoxy) is 1. The number of likely N-dealkylation sites (tertiary alicyclic amines) is 1. The second kappa shape index (κ2) is 8.74. The van der Waals surface area contributed by atoms with Gasteiger partial charge in [0.05, 0.1) is 25.0 Å². The van der Waals surface area contributed by atoms with Crippen LogP contribution in [0.3, 0.4) is 0 Å². The van der Waals surface area contributed by atoms with Crippen molar-refractivity contribution in [3.8, 4) is 0 Å². The minimum atomic E-state index is -3.28. The van der Waals surface area contributed by atoms with Crippen LogP contribution in [0.1, 0.15) is 25.3 Å². The van der Waals surface area contributed by atoms with Gasteiger partial charge in [-0.15, -0.1) is 24.0 Å². The molecule has 4 atom stereocenters. The second-order valence-corrected chi connectivity index (χ2v) is 9.52. The molecule has 0 spiro atoms. The van der Waals surface area contributed by atoms with E-state index in [-0.39, 0.29) is 24.0 Å². The largest absolute Gasteiger partial charge is 0.374 e. The van der Waals surface area contributed by atoms with Crippen LogP contribution in [0.4, 0.5) is 5.69 Å². The minimum Gasteiger partial charge on any atom is -0.374 e. The molecule has 3 saturated heterocycles. The summed E-state index contributed by atoms with van der Waals surface area (Å²) in [6.45, 7) is 5.43. The molecule has 2 bridgehead atoms. The predicted octanol–water partition coefficient (Wildman–Crippen LogP) is 2.25. The summed E-state index contributed by atoms with van der Waals surface area (Å²) < 4.78 is 31.4. The Morgan fingerprint density at radius 2 is 1.93 bits per heavy atom. The molecule has 2 N–H and O–H groups in total. The van der Waals surface area contributed by atoms with Crippen LogP contribution in [0, 0.1) is 11.8 Å². The third-order valence-corrected chi connectivity index (χ3v) is 6.34. The summed E-state index contributed by atoms with van der Waals surface area (Å²) in [5, 5.41) is 3.41. The highest BCUT2D eigenvalue weighted by molar-refractivity contribution is 14.0. The van der Waals surface area contributed by atoms with E-state index in [1.807, 2.05) is 18.2 Å². The van der Waals surface area contributed by atoms with Gasteiger partial charge in [0, 0.05) is 37.2 Å². The number of sulfonamides is 1. The standard InChI is InChI=1S/C19H28N4O3S.HI/c1-3-20-19(23-11-15-16(12-23)18-8-7-17(15)26-18)21-10-13-5-4-6-14(9-13)22-27(2,24)25;/h4-6,9,15-18,22H,3,7-8,10-12H2,1-2H3,(H,20,21);1H. The first-order chi connectivity index (χ1) is 12.9. The van der Waals surface area contributed by atoms with Gasteiger partial charge >= 0.3 is 0 Å². The molecule has 156 valence electrons. The Morgan fingerprint density at radius 1 is 1.25 bits per heavy atom. The van der Waals surface area contributed by atoms with Crippen molar-refractivity contribution in [3.05, 3.63) is 29.8 Å². The fraction of sp³-hybridized carbons (Fsp3) is 0.632. The number of anilines is 1. The van der Waals surface area contributed by atoms with Gasteiger partial charge in [-0.05, 0) is 37.5 Å². The van der Waals surface area contributed by atoms with Gasteiger partial charge in [-0.1, -0.05) is 12.1 Å². The highest BCUT2D eigenvalue weighted by Crippen LogP contribution is 2.47. The Hall–Kier alpha value is -1.07. The van der Waals surface area contributed by atoms with E-state index in [1.165, 1.54) is 12.8 Å². The van der Waals surface area contributed by atoms with E-state index in [1.54, 1.807) is 6.07 Å². The SMILES string of the molecule is CCNC(=NCc1cccc(NS(C)(=O)=O)c1)N1CC2C3CCC(O3)C2C1.I. The van der Waals surface area contributed by atoms with Gasteiger partial charge in [0.15, 0.2) is 5.96 Å². The molecule has 0 saturated carbocycles. The molecule has 3 fully saturated rings. The van der Waals surface area contributed by atoms with Crippen LogP contribution in [-0.4, -0.2) is 57.4 Å². The zero-order valence-electron chi connectivity index (χ0n) is 16.3. The maximum absolute atomic E-state index is 11.4. The van der Waals surface area contributed by atoms with Crippen LogP contribution in [0.25, 0.3) is 0 Å². The van der Waals surface area contributed by atoms with Crippen molar-refractivity contribution in [3.63, 3.8) is 0 Å². The van der Waals surface area contributed by atoms with Gasteiger partial charge in [-0.3, -0.25) is 4.72 Å². The van der Waals surface area contributed by atoms with Crippen molar-refractivity contribution in [2.75, 3.05) is 30.6 Å². The highest BCUT2D eigenvalue weighted by atomic mass is 127. The van der Waals surface area contributed by atoms with E-state index in [9.17, 15) is 8.42 Å². The van der Waals surface area contributed by atoms with Gasteiger partial charge in [-0.25, -0.2) is 13.4 Å². The topological polar surface area (TPSA) is 83.0 Å². The number of hydrogen-bond donors (Lipinski definition) is 2. The lowest BCUT2D eigenvalue weighted by atomic mass is 9.82. The van der Waals surface area contributed by atoms with Gasteiger partial charge in [0.25, 0.3) is 0 Å². The van der Waals surface area contributed by atoms with Gasteiger partial charge in [-0.2, -0.15) is 0 Å². The lowest BCUT2D eigenvalue weighted by Gasteiger charge is -2.23. The molecule has 0 aromatic heterocycles. The smallest absolute Gasteiger partial charge is 0.229 e. The van der Waals surface area contributed by atoms with Crippen molar-refractivity contribution in [1.82, 2.24) is 10.2 Å². The van der Waals surface area contributed by atoms with Crippen molar-refractivity contribution in [2.24, 2.45) is 16.8 Å². The van der Waals surface area contributed by atoms with Crippen molar-refractivity contribution in [1.29, 1.82) is 0 Å². The Labute approximate surface area is 184 Å². The number of benzene rings is 1. The van der Waals surface area contributed by atoms with Gasteiger partial charge in [0.1, 0.15) is 0 Å². The Morgan fingerprint density at radius 3 is 2.54 bits per heavy atom. The maximum atomic E-state index is 11.4. The molecule has 3 heterocycles. The summed E-state index contributed by atoms with van der Waals surface area (Å²) in [6, 6.07) is 7.39. The van der Waals surface area contributed by atoms with E-state index in [2.05, 4.69) is 21.9 Å². The molecule has 0 radical (unpaired) electrons. The summed E-state index contributed by atoms with van der Waals surface area (Å²) in [6.07, 6.45) is 4.43. The molecular weight excluding hydrogens is 491 g/mol. The van der Waals surface area contributed by atoms with Crippen LogP contribution < -0.4 is 10.0 Å². The summed E-state index contributed by atoms with van der Waals surface area (Å²) in [5.41, 5.74) is 1.54. The van der Waals surface area contributed by atoms with Crippen LogP contribution in [-0.2, 0) is 21.3 Å². The first-order valence-electron chi connectivity index (χ1n) is 9.68. The molecular formula is C19H29IN4O3S. The lowest BCUT2D eigenvalue weighted by molar-refractivity contribution is 0.0767. The number of rotatable bonds is 5. The first kappa shape index (κ1) is 21.6. The van der Waals surface area contributed by atoms with Crippen LogP contribution in [0.2, 0.25) is 0 Å². The fourth-order valence-electron chi connectivity index (χ4n) is 4.67.